The standard InChI is InChI=1S/C17H25N3/c1-4-9-18-13-15-6-7-16(14(3)12-15)17-8-10-19-20(17)11-5-2/h6-8,10,12,18H,4-5,9,11,13H2,1-3H3. The van der Waals surface area contributed by atoms with Gasteiger partial charge in [0, 0.05) is 24.8 Å². The molecule has 0 amide bonds. The van der Waals surface area contributed by atoms with Gasteiger partial charge in [0.25, 0.3) is 0 Å². The summed E-state index contributed by atoms with van der Waals surface area (Å²) < 4.78 is 2.09. The summed E-state index contributed by atoms with van der Waals surface area (Å²) in [7, 11) is 0. The molecule has 0 saturated heterocycles. The highest BCUT2D eigenvalue weighted by Crippen LogP contribution is 2.24. The zero-order chi connectivity index (χ0) is 14.4. The van der Waals surface area contributed by atoms with Crippen molar-refractivity contribution in [3.05, 3.63) is 41.6 Å². The van der Waals surface area contributed by atoms with Gasteiger partial charge in [-0.1, -0.05) is 32.0 Å². The first kappa shape index (κ1) is 14.8. The molecule has 1 N–H and O–H groups in total. The Morgan fingerprint density at radius 3 is 2.70 bits per heavy atom. The van der Waals surface area contributed by atoms with Gasteiger partial charge in [-0.05, 0) is 43.5 Å². The van der Waals surface area contributed by atoms with E-state index in [1.807, 2.05) is 6.20 Å². The molecular formula is C17H25N3. The maximum Gasteiger partial charge on any atom is 0.0684 e. The van der Waals surface area contributed by atoms with Crippen LogP contribution in [0.3, 0.4) is 0 Å². The Labute approximate surface area is 122 Å². The van der Waals surface area contributed by atoms with Crippen molar-refractivity contribution in [2.75, 3.05) is 6.54 Å². The summed E-state index contributed by atoms with van der Waals surface area (Å²) in [5.41, 5.74) is 5.17. The number of nitrogens with zero attached hydrogens (tertiary/aromatic N) is 2. The monoisotopic (exact) mass is 271 g/mol. The molecule has 0 saturated carbocycles. The lowest BCUT2D eigenvalue weighted by molar-refractivity contribution is 0.609. The van der Waals surface area contributed by atoms with Crippen molar-refractivity contribution in [3.8, 4) is 11.3 Å². The smallest absolute Gasteiger partial charge is 0.0684 e. The molecule has 0 aliphatic rings. The van der Waals surface area contributed by atoms with Gasteiger partial charge in [-0.2, -0.15) is 5.10 Å². The lowest BCUT2D eigenvalue weighted by Gasteiger charge is -2.11. The van der Waals surface area contributed by atoms with Crippen molar-refractivity contribution >= 4 is 0 Å². The van der Waals surface area contributed by atoms with E-state index in [1.165, 1.54) is 28.8 Å². The maximum atomic E-state index is 4.41. The van der Waals surface area contributed by atoms with Gasteiger partial charge in [0.1, 0.15) is 0 Å². The second kappa shape index (κ2) is 7.25. The van der Waals surface area contributed by atoms with E-state index in [0.717, 1.165) is 26.1 Å². The quantitative estimate of drug-likeness (QED) is 0.777. The molecule has 0 fully saturated rings. The Morgan fingerprint density at radius 2 is 2.00 bits per heavy atom. The highest BCUT2D eigenvalue weighted by molar-refractivity contribution is 5.64. The Bertz CT molecular complexity index is 543. The summed E-state index contributed by atoms with van der Waals surface area (Å²) in [5, 5.41) is 7.86. The summed E-state index contributed by atoms with van der Waals surface area (Å²) in [6, 6.07) is 8.82. The molecule has 1 aromatic heterocycles. The average molecular weight is 271 g/mol. The minimum absolute atomic E-state index is 0.948. The van der Waals surface area contributed by atoms with E-state index < -0.39 is 0 Å². The molecular weight excluding hydrogens is 246 g/mol. The summed E-state index contributed by atoms with van der Waals surface area (Å²) >= 11 is 0. The second-order valence-electron chi connectivity index (χ2n) is 5.27. The molecule has 1 heterocycles. The Hall–Kier alpha value is -1.61. The van der Waals surface area contributed by atoms with Gasteiger partial charge in [0.05, 0.1) is 5.69 Å². The first-order chi connectivity index (χ1) is 9.76. The lowest BCUT2D eigenvalue weighted by Crippen LogP contribution is -2.13. The zero-order valence-corrected chi connectivity index (χ0v) is 12.8. The second-order valence-corrected chi connectivity index (χ2v) is 5.27. The molecule has 2 aromatic rings. The first-order valence-electron chi connectivity index (χ1n) is 7.58. The van der Waals surface area contributed by atoms with Crippen LogP contribution in [0.1, 0.15) is 37.8 Å². The van der Waals surface area contributed by atoms with Crippen LogP contribution in [-0.2, 0) is 13.1 Å². The molecule has 0 unspecified atom stereocenters. The van der Waals surface area contributed by atoms with E-state index in [1.54, 1.807) is 0 Å². The Balaban J connectivity index is 2.18. The Kier molecular flexibility index (Phi) is 5.36. The maximum absolute atomic E-state index is 4.41. The molecule has 0 atom stereocenters. The van der Waals surface area contributed by atoms with Gasteiger partial charge in [-0.25, -0.2) is 0 Å². The highest BCUT2D eigenvalue weighted by atomic mass is 15.3. The summed E-state index contributed by atoms with van der Waals surface area (Å²) in [6.45, 7) is 9.55. The van der Waals surface area contributed by atoms with Crippen LogP contribution in [0.2, 0.25) is 0 Å². The number of rotatable bonds is 7. The van der Waals surface area contributed by atoms with Crippen LogP contribution >= 0.6 is 0 Å². The normalized spacial score (nSPS) is 10.9. The van der Waals surface area contributed by atoms with E-state index in [9.17, 15) is 0 Å². The molecule has 0 radical (unpaired) electrons. The van der Waals surface area contributed by atoms with E-state index in [4.69, 9.17) is 0 Å². The fraction of sp³-hybridized carbons (Fsp3) is 0.471. The Morgan fingerprint density at radius 1 is 1.15 bits per heavy atom. The fourth-order valence-corrected chi connectivity index (χ4v) is 2.48. The third-order valence-electron chi connectivity index (χ3n) is 3.47. The van der Waals surface area contributed by atoms with E-state index in [2.05, 4.69) is 60.1 Å². The molecule has 0 aliphatic heterocycles. The van der Waals surface area contributed by atoms with Gasteiger partial charge < -0.3 is 5.32 Å². The first-order valence-corrected chi connectivity index (χ1v) is 7.58. The third-order valence-corrected chi connectivity index (χ3v) is 3.47. The van der Waals surface area contributed by atoms with Crippen LogP contribution in [0, 0.1) is 6.92 Å². The number of aromatic nitrogens is 2. The number of hydrogen-bond donors (Lipinski definition) is 1. The van der Waals surface area contributed by atoms with Crippen LogP contribution in [0.4, 0.5) is 0 Å². The number of benzene rings is 1. The molecule has 108 valence electrons. The van der Waals surface area contributed by atoms with Crippen molar-refractivity contribution in [1.29, 1.82) is 0 Å². The van der Waals surface area contributed by atoms with Gasteiger partial charge in [-0.15, -0.1) is 0 Å². The number of aryl methyl sites for hydroxylation is 2. The van der Waals surface area contributed by atoms with Crippen molar-refractivity contribution in [2.45, 2.75) is 46.7 Å². The van der Waals surface area contributed by atoms with Crippen LogP contribution in [0.5, 0.6) is 0 Å². The zero-order valence-electron chi connectivity index (χ0n) is 12.8. The topological polar surface area (TPSA) is 29.9 Å². The van der Waals surface area contributed by atoms with E-state index in [0.29, 0.717) is 0 Å². The summed E-state index contributed by atoms with van der Waals surface area (Å²) in [6.07, 6.45) is 4.17. The highest BCUT2D eigenvalue weighted by Gasteiger charge is 2.08. The van der Waals surface area contributed by atoms with Crippen LogP contribution in [0.15, 0.2) is 30.5 Å². The van der Waals surface area contributed by atoms with E-state index in [-0.39, 0.29) is 0 Å². The minimum Gasteiger partial charge on any atom is -0.313 e. The van der Waals surface area contributed by atoms with Crippen LogP contribution in [0.25, 0.3) is 11.3 Å². The van der Waals surface area contributed by atoms with E-state index >= 15 is 0 Å². The summed E-state index contributed by atoms with van der Waals surface area (Å²) in [4.78, 5) is 0. The minimum atomic E-state index is 0.948. The van der Waals surface area contributed by atoms with Crippen molar-refractivity contribution in [2.24, 2.45) is 0 Å². The number of nitrogens with one attached hydrogen (secondary N) is 1. The van der Waals surface area contributed by atoms with Crippen molar-refractivity contribution in [1.82, 2.24) is 15.1 Å². The lowest BCUT2D eigenvalue weighted by atomic mass is 10.0. The van der Waals surface area contributed by atoms with Gasteiger partial charge in [0.2, 0.25) is 0 Å². The van der Waals surface area contributed by atoms with Crippen molar-refractivity contribution in [3.63, 3.8) is 0 Å². The predicted octanol–water partition coefficient (Wildman–Crippen LogP) is 3.77. The molecule has 2 rings (SSSR count). The van der Waals surface area contributed by atoms with Crippen LogP contribution in [-0.4, -0.2) is 16.3 Å². The fourth-order valence-electron chi connectivity index (χ4n) is 2.48. The molecule has 1 aromatic carbocycles. The number of hydrogen-bond acceptors (Lipinski definition) is 2. The molecule has 3 heteroatoms. The molecule has 3 nitrogen and oxygen atoms in total. The summed E-state index contributed by atoms with van der Waals surface area (Å²) in [5.74, 6) is 0. The van der Waals surface area contributed by atoms with Gasteiger partial charge >= 0.3 is 0 Å². The van der Waals surface area contributed by atoms with Crippen LogP contribution < -0.4 is 5.32 Å². The average Bonchev–Trinajstić information content (AvgIpc) is 2.88. The molecule has 20 heavy (non-hydrogen) atoms. The largest absolute Gasteiger partial charge is 0.313 e. The molecule has 0 spiro atoms. The SMILES string of the molecule is CCCNCc1ccc(-c2ccnn2CCC)c(C)c1. The molecule has 0 aliphatic carbocycles. The predicted molar refractivity (Wildman–Crippen MR) is 84.7 cm³/mol. The van der Waals surface area contributed by atoms with Crippen molar-refractivity contribution < 1.29 is 0 Å². The third kappa shape index (κ3) is 3.48. The van der Waals surface area contributed by atoms with Gasteiger partial charge in [0.15, 0.2) is 0 Å². The molecule has 0 bridgehead atoms. The van der Waals surface area contributed by atoms with Gasteiger partial charge in [-0.3, -0.25) is 4.68 Å².